The van der Waals surface area contributed by atoms with Crippen LogP contribution in [0.25, 0.3) is 0 Å². The fourth-order valence-electron chi connectivity index (χ4n) is 2.72. The molecular weight excluding hydrogens is 290 g/mol. The zero-order valence-corrected chi connectivity index (χ0v) is 12.6. The van der Waals surface area contributed by atoms with Crippen molar-refractivity contribution in [2.75, 3.05) is 26.3 Å². The molecule has 1 N–H and O–H groups in total. The largest absolute Gasteiger partial charge is 0.381 e. The van der Waals surface area contributed by atoms with Crippen molar-refractivity contribution in [2.45, 2.75) is 26.2 Å². The van der Waals surface area contributed by atoms with Gasteiger partial charge in [-0.05, 0) is 43.5 Å². The van der Waals surface area contributed by atoms with E-state index in [2.05, 4.69) is 52.4 Å². The van der Waals surface area contributed by atoms with Crippen molar-refractivity contribution in [3.63, 3.8) is 0 Å². The van der Waals surface area contributed by atoms with Crippen LogP contribution in [0.3, 0.4) is 0 Å². The maximum Gasteiger partial charge on any atom is 0.0537 e. The molecule has 2 nitrogen and oxygen atoms in total. The average Bonchev–Trinajstić information content (AvgIpc) is 2.38. The topological polar surface area (TPSA) is 21.3 Å². The highest BCUT2D eigenvalue weighted by Crippen LogP contribution is 2.32. The lowest BCUT2D eigenvalue weighted by atomic mass is 9.77. The van der Waals surface area contributed by atoms with Crippen molar-refractivity contribution in [3.8, 4) is 0 Å². The summed E-state index contributed by atoms with van der Waals surface area (Å²) in [5.74, 6) is 0. The molecule has 0 radical (unpaired) electrons. The van der Waals surface area contributed by atoms with E-state index in [1.165, 1.54) is 18.4 Å². The molecule has 1 fully saturated rings. The Morgan fingerprint density at radius 1 is 1.44 bits per heavy atom. The van der Waals surface area contributed by atoms with Gasteiger partial charge < -0.3 is 10.1 Å². The third kappa shape index (κ3) is 3.81. The fraction of sp³-hybridized carbons (Fsp3) is 0.600. The van der Waals surface area contributed by atoms with E-state index in [-0.39, 0.29) is 5.41 Å². The minimum atomic E-state index is 0.273. The highest BCUT2D eigenvalue weighted by Gasteiger charge is 2.32. The minimum Gasteiger partial charge on any atom is -0.381 e. The SMILES string of the molecule is CCNCC1(Cc2cccc(Br)c2)CCCOC1. The van der Waals surface area contributed by atoms with E-state index in [1.54, 1.807) is 0 Å². The molecule has 0 amide bonds. The maximum atomic E-state index is 5.73. The molecule has 3 heteroatoms. The molecule has 1 aliphatic heterocycles. The predicted molar refractivity (Wildman–Crippen MR) is 78.9 cm³/mol. The number of rotatable bonds is 5. The molecule has 0 aliphatic carbocycles. The van der Waals surface area contributed by atoms with Gasteiger partial charge in [0, 0.05) is 23.0 Å². The van der Waals surface area contributed by atoms with E-state index >= 15 is 0 Å². The van der Waals surface area contributed by atoms with Crippen LogP contribution in [-0.2, 0) is 11.2 Å². The van der Waals surface area contributed by atoms with Gasteiger partial charge >= 0.3 is 0 Å². The second-order valence-electron chi connectivity index (χ2n) is 5.24. The van der Waals surface area contributed by atoms with Gasteiger partial charge in [0.05, 0.1) is 6.61 Å². The number of halogens is 1. The summed E-state index contributed by atoms with van der Waals surface area (Å²) < 4.78 is 6.90. The molecule has 1 atom stereocenters. The third-order valence-corrected chi connectivity index (χ3v) is 4.12. The second kappa shape index (κ2) is 6.69. The zero-order valence-electron chi connectivity index (χ0n) is 11.0. The molecule has 18 heavy (non-hydrogen) atoms. The van der Waals surface area contributed by atoms with Crippen LogP contribution in [0.1, 0.15) is 25.3 Å². The van der Waals surface area contributed by atoms with E-state index < -0.39 is 0 Å². The van der Waals surface area contributed by atoms with Gasteiger partial charge in [0.25, 0.3) is 0 Å². The van der Waals surface area contributed by atoms with E-state index in [1.807, 2.05) is 0 Å². The fourth-order valence-corrected chi connectivity index (χ4v) is 3.17. The monoisotopic (exact) mass is 311 g/mol. The first-order chi connectivity index (χ1) is 8.74. The molecule has 1 saturated heterocycles. The highest BCUT2D eigenvalue weighted by molar-refractivity contribution is 9.10. The summed E-state index contributed by atoms with van der Waals surface area (Å²) in [5, 5.41) is 3.50. The first-order valence-corrected chi connectivity index (χ1v) is 7.56. The molecule has 1 aromatic carbocycles. The number of benzene rings is 1. The maximum absolute atomic E-state index is 5.73. The molecule has 1 heterocycles. The summed E-state index contributed by atoms with van der Waals surface area (Å²) in [6.07, 6.45) is 3.53. The molecular formula is C15H22BrNO. The van der Waals surface area contributed by atoms with Gasteiger partial charge in [-0.1, -0.05) is 35.0 Å². The average molecular weight is 312 g/mol. The molecule has 0 saturated carbocycles. The van der Waals surface area contributed by atoms with Gasteiger partial charge in [0.15, 0.2) is 0 Å². The summed E-state index contributed by atoms with van der Waals surface area (Å²) in [7, 11) is 0. The van der Waals surface area contributed by atoms with E-state index in [4.69, 9.17) is 4.74 Å². The third-order valence-electron chi connectivity index (χ3n) is 3.62. The van der Waals surface area contributed by atoms with Crippen molar-refractivity contribution in [3.05, 3.63) is 34.3 Å². The van der Waals surface area contributed by atoms with Crippen molar-refractivity contribution >= 4 is 15.9 Å². The van der Waals surface area contributed by atoms with E-state index in [9.17, 15) is 0 Å². The molecule has 100 valence electrons. The highest BCUT2D eigenvalue weighted by atomic mass is 79.9. The van der Waals surface area contributed by atoms with Crippen molar-refractivity contribution in [1.82, 2.24) is 5.32 Å². The van der Waals surface area contributed by atoms with E-state index in [0.717, 1.165) is 37.2 Å². The number of nitrogens with one attached hydrogen (secondary N) is 1. The summed E-state index contributed by atoms with van der Waals surface area (Å²) in [5.41, 5.74) is 1.67. The first kappa shape index (κ1) is 14.0. The van der Waals surface area contributed by atoms with Crippen LogP contribution < -0.4 is 5.32 Å². The Balaban J connectivity index is 2.08. The summed E-state index contributed by atoms with van der Waals surface area (Å²) >= 11 is 3.55. The quantitative estimate of drug-likeness (QED) is 0.900. The molecule has 0 bridgehead atoms. The van der Waals surface area contributed by atoms with Crippen LogP contribution in [0.4, 0.5) is 0 Å². The van der Waals surface area contributed by atoms with Crippen molar-refractivity contribution in [2.24, 2.45) is 5.41 Å². The Hall–Kier alpha value is -0.380. The summed E-state index contributed by atoms with van der Waals surface area (Å²) in [6, 6.07) is 8.64. The standard InChI is InChI=1S/C15H22BrNO/c1-2-17-11-15(7-4-8-18-12-15)10-13-5-3-6-14(16)9-13/h3,5-6,9,17H,2,4,7-8,10-12H2,1H3. The van der Waals surface area contributed by atoms with Gasteiger partial charge in [-0.2, -0.15) is 0 Å². The molecule has 1 aromatic rings. The number of ether oxygens (including phenoxy) is 1. The molecule has 2 rings (SSSR count). The Bertz CT molecular complexity index is 375. The molecule has 0 spiro atoms. The number of hydrogen-bond donors (Lipinski definition) is 1. The minimum absolute atomic E-state index is 0.273. The Morgan fingerprint density at radius 2 is 2.33 bits per heavy atom. The molecule has 0 aromatic heterocycles. The van der Waals surface area contributed by atoms with Crippen LogP contribution >= 0.6 is 15.9 Å². The van der Waals surface area contributed by atoms with Crippen molar-refractivity contribution in [1.29, 1.82) is 0 Å². The van der Waals surface area contributed by atoms with Crippen LogP contribution in [0.5, 0.6) is 0 Å². The van der Waals surface area contributed by atoms with Crippen molar-refractivity contribution < 1.29 is 4.74 Å². The van der Waals surface area contributed by atoms with Gasteiger partial charge in [0.2, 0.25) is 0 Å². The Kier molecular flexibility index (Phi) is 5.22. The van der Waals surface area contributed by atoms with Crippen LogP contribution in [0.15, 0.2) is 28.7 Å². The normalized spacial score (nSPS) is 24.1. The first-order valence-electron chi connectivity index (χ1n) is 6.77. The van der Waals surface area contributed by atoms with Gasteiger partial charge in [-0.3, -0.25) is 0 Å². The second-order valence-corrected chi connectivity index (χ2v) is 6.16. The number of hydrogen-bond acceptors (Lipinski definition) is 2. The van der Waals surface area contributed by atoms with Gasteiger partial charge in [0.1, 0.15) is 0 Å². The summed E-state index contributed by atoms with van der Waals surface area (Å²) in [6.45, 7) is 6.05. The van der Waals surface area contributed by atoms with Crippen LogP contribution in [-0.4, -0.2) is 26.3 Å². The lowest BCUT2D eigenvalue weighted by Gasteiger charge is -2.37. The zero-order chi connectivity index (χ0) is 12.8. The predicted octanol–water partition coefficient (Wildman–Crippen LogP) is 3.40. The Morgan fingerprint density at radius 3 is 3.00 bits per heavy atom. The lowest BCUT2D eigenvalue weighted by Crippen LogP contribution is -2.42. The summed E-state index contributed by atoms with van der Waals surface area (Å²) in [4.78, 5) is 0. The van der Waals surface area contributed by atoms with Crippen LogP contribution in [0, 0.1) is 5.41 Å². The smallest absolute Gasteiger partial charge is 0.0537 e. The van der Waals surface area contributed by atoms with E-state index in [0.29, 0.717) is 0 Å². The molecule has 1 unspecified atom stereocenters. The van der Waals surface area contributed by atoms with Crippen LogP contribution in [0.2, 0.25) is 0 Å². The Labute approximate surface area is 118 Å². The van der Waals surface area contributed by atoms with Gasteiger partial charge in [-0.15, -0.1) is 0 Å². The molecule has 1 aliphatic rings. The lowest BCUT2D eigenvalue weighted by molar-refractivity contribution is -0.00691. The van der Waals surface area contributed by atoms with Gasteiger partial charge in [-0.25, -0.2) is 0 Å².